The Balaban J connectivity index is 6.48. The molecule has 0 saturated carbocycles. The number of hydrogen-bond donors (Lipinski definition) is 0. The van der Waals surface area contributed by atoms with Crippen LogP contribution in [0.4, 0.5) is 0 Å². The Morgan fingerprint density at radius 3 is 1.00 bits per heavy atom. The second-order valence-electron chi connectivity index (χ2n) is 7.73. The molecule has 0 amide bonds. The summed E-state index contributed by atoms with van der Waals surface area (Å²) in [7, 11) is -3.30. The van der Waals surface area contributed by atoms with Crippen molar-refractivity contribution in [1.29, 1.82) is 0 Å². The van der Waals surface area contributed by atoms with Crippen molar-refractivity contribution >= 4 is 16.8 Å². The van der Waals surface area contributed by atoms with Crippen molar-refractivity contribution in [2.75, 3.05) is 32.7 Å². The maximum absolute atomic E-state index is 3.20. The van der Waals surface area contributed by atoms with Gasteiger partial charge in [0.1, 0.15) is 0 Å². The molecule has 0 saturated heterocycles. The molecule has 0 aromatic carbocycles. The van der Waals surface area contributed by atoms with Gasteiger partial charge in [0.05, 0.1) is 0 Å². The molecule has 0 fully saturated rings. The smallest absolute Gasteiger partial charge is 0.200 e. The molecular weight excluding hydrogens is 338 g/mol. The summed E-state index contributed by atoms with van der Waals surface area (Å²) in [6.07, 6.45) is 0. The summed E-state index contributed by atoms with van der Waals surface area (Å²) in [6.45, 7) is 30.4. The average molecular weight is 388 g/mol. The summed E-state index contributed by atoms with van der Waals surface area (Å²) in [6, 6.07) is 5.42. The largest absolute Gasteiger partial charge is 0.321 e. The summed E-state index contributed by atoms with van der Waals surface area (Å²) in [5.41, 5.74) is 0. The van der Waals surface area contributed by atoms with Gasteiger partial charge in [0.15, 0.2) is 0 Å². The molecule has 0 atom stereocenters. The molecule has 0 spiro atoms. The van der Waals surface area contributed by atoms with E-state index in [-0.39, 0.29) is 0 Å². The lowest BCUT2D eigenvalue weighted by molar-refractivity contribution is 0.335. The summed E-state index contributed by atoms with van der Waals surface area (Å²) in [5, 5.41) is 0. The first-order valence-corrected chi connectivity index (χ1v) is 15.7. The minimum atomic E-state index is -1.65. The second kappa shape index (κ2) is 11.9. The molecule has 0 aliphatic carbocycles. The van der Waals surface area contributed by atoms with E-state index in [1.807, 2.05) is 0 Å². The van der Waals surface area contributed by atoms with Crippen LogP contribution in [0.5, 0.6) is 0 Å². The highest BCUT2D eigenvalue weighted by molar-refractivity contribution is 6.90. The third kappa shape index (κ3) is 5.19. The maximum atomic E-state index is 3.20. The van der Waals surface area contributed by atoms with Gasteiger partial charge in [-0.2, -0.15) is 0 Å². The van der Waals surface area contributed by atoms with Gasteiger partial charge >= 0.3 is 0 Å². The molecule has 0 radical (unpaired) electrons. The molecule has 25 heavy (non-hydrogen) atoms. The zero-order valence-corrected chi connectivity index (χ0v) is 21.3. The molecule has 0 bridgehead atoms. The minimum absolute atomic E-state index is 0.737. The van der Waals surface area contributed by atoms with E-state index in [0.717, 1.165) is 5.92 Å². The summed E-state index contributed by atoms with van der Waals surface area (Å²) in [5.74, 6) is 0.737. The first-order valence-electron chi connectivity index (χ1n) is 11.1. The Bertz CT molecular complexity index is 306. The van der Waals surface area contributed by atoms with E-state index < -0.39 is 16.8 Å². The number of rotatable bonds is 14. The molecule has 0 aliphatic heterocycles. The number of hydrogen-bond acceptors (Lipinski definition) is 3. The van der Waals surface area contributed by atoms with Crippen LogP contribution in [0.3, 0.4) is 0 Å². The van der Waals surface area contributed by atoms with Gasteiger partial charge in [0.2, 0.25) is 16.8 Å². The van der Waals surface area contributed by atoms with E-state index in [2.05, 4.69) is 82.6 Å². The minimum Gasteiger partial charge on any atom is -0.321 e. The van der Waals surface area contributed by atoms with Gasteiger partial charge in [0.25, 0.3) is 0 Å². The monoisotopic (exact) mass is 387 g/mol. The van der Waals surface area contributed by atoms with Gasteiger partial charge in [-0.25, -0.2) is 0 Å². The quantitative estimate of drug-likeness (QED) is 0.360. The van der Waals surface area contributed by atoms with Crippen molar-refractivity contribution < 1.29 is 0 Å². The van der Waals surface area contributed by atoms with Gasteiger partial charge in [-0.3, -0.25) is 0 Å². The predicted octanol–water partition coefficient (Wildman–Crippen LogP) is 5.59. The van der Waals surface area contributed by atoms with Crippen LogP contribution < -0.4 is 0 Å². The summed E-state index contributed by atoms with van der Waals surface area (Å²) >= 11 is 0. The summed E-state index contributed by atoms with van der Waals surface area (Å²) < 4.78 is 8.99. The van der Waals surface area contributed by atoms with Gasteiger partial charge in [0, 0.05) is 0 Å². The fourth-order valence-electron chi connectivity index (χ4n) is 5.22. The highest BCUT2D eigenvalue weighted by atomic mass is 28.4. The van der Waals surface area contributed by atoms with Crippen LogP contribution in [-0.2, 0) is 0 Å². The van der Waals surface area contributed by atoms with E-state index >= 15 is 0 Å². The van der Waals surface area contributed by atoms with Crippen molar-refractivity contribution in [3.05, 3.63) is 0 Å². The van der Waals surface area contributed by atoms with Crippen molar-refractivity contribution in [3.63, 3.8) is 0 Å². The molecule has 3 nitrogen and oxygen atoms in total. The van der Waals surface area contributed by atoms with E-state index in [1.165, 1.54) is 56.9 Å². The Morgan fingerprint density at radius 2 is 0.840 bits per heavy atom. The second-order valence-corrected chi connectivity index (χ2v) is 17.3. The molecule has 0 aromatic rings. The fraction of sp³-hybridized carbons (Fsp3) is 1.00. The fourth-order valence-corrected chi connectivity index (χ4v) is 19.8. The SMILES string of the molecule is CCN(CC)[Si](CC)(CC)N(CC(C)C)[Si](CC)(CC)N(CC)CC. The predicted molar refractivity (Wildman–Crippen MR) is 121 cm³/mol. The molecule has 0 N–H and O–H groups in total. The highest BCUT2D eigenvalue weighted by Crippen LogP contribution is 2.36. The normalized spacial score (nSPS) is 13.7. The van der Waals surface area contributed by atoms with Crippen LogP contribution in [0.25, 0.3) is 0 Å². The van der Waals surface area contributed by atoms with E-state index in [0.29, 0.717) is 0 Å². The lowest BCUT2D eigenvalue weighted by Gasteiger charge is -2.59. The van der Waals surface area contributed by atoms with Crippen molar-refractivity contribution in [2.24, 2.45) is 5.92 Å². The van der Waals surface area contributed by atoms with E-state index in [9.17, 15) is 0 Å². The van der Waals surface area contributed by atoms with Crippen LogP contribution in [0.2, 0.25) is 24.2 Å². The Labute approximate surface area is 162 Å². The van der Waals surface area contributed by atoms with Crippen LogP contribution in [0, 0.1) is 5.92 Å². The maximum Gasteiger partial charge on any atom is 0.200 e. The Kier molecular flexibility index (Phi) is 12.1. The van der Waals surface area contributed by atoms with Gasteiger partial charge in [-0.15, -0.1) is 0 Å². The first-order chi connectivity index (χ1) is 11.8. The molecule has 0 heterocycles. The van der Waals surface area contributed by atoms with Crippen molar-refractivity contribution in [2.45, 2.75) is 93.4 Å². The van der Waals surface area contributed by atoms with Crippen LogP contribution in [0.15, 0.2) is 0 Å². The first kappa shape index (κ1) is 25.3. The van der Waals surface area contributed by atoms with Gasteiger partial charge in [-0.05, 0) is 62.8 Å². The summed E-state index contributed by atoms with van der Waals surface area (Å²) in [4.78, 5) is 0. The van der Waals surface area contributed by atoms with Gasteiger partial charge < -0.3 is 13.4 Å². The van der Waals surface area contributed by atoms with Gasteiger partial charge in [-0.1, -0.05) is 69.2 Å². The van der Waals surface area contributed by atoms with E-state index in [1.54, 1.807) is 0 Å². The topological polar surface area (TPSA) is 9.72 Å². The third-order valence-electron chi connectivity index (χ3n) is 6.52. The van der Waals surface area contributed by atoms with E-state index in [4.69, 9.17) is 0 Å². The molecule has 0 aliphatic rings. The molecule has 5 heteroatoms. The van der Waals surface area contributed by atoms with Crippen LogP contribution in [-0.4, -0.2) is 62.9 Å². The molecule has 0 aromatic heterocycles. The molecular formula is C20H49N3Si2. The van der Waals surface area contributed by atoms with Crippen LogP contribution >= 0.6 is 0 Å². The van der Waals surface area contributed by atoms with Crippen LogP contribution in [0.1, 0.15) is 69.2 Å². The average Bonchev–Trinajstić information content (AvgIpc) is 2.62. The zero-order valence-electron chi connectivity index (χ0n) is 19.3. The molecule has 0 unspecified atom stereocenters. The lowest BCUT2D eigenvalue weighted by atomic mass is 10.2. The van der Waals surface area contributed by atoms with Crippen molar-refractivity contribution in [3.8, 4) is 0 Å². The zero-order chi connectivity index (χ0) is 19.7. The molecule has 0 rings (SSSR count). The lowest BCUT2D eigenvalue weighted by Crippen LogP contribution is -2.78. The standard InChI is InChI=1S/C20H49N3Si2/c1-11-21(12-2)24(15-5,16-6)23(19-20(9)10)25(17-7,18-8)22(13-3)14-4/h20H,11-19H2,1-10H3. The highest BCUT2D eigenvalue weighted by Gasteiger charge is 2.53. The Hall–Kier alpha value is 0.314. The molecule has 152 valence electrons. The Morgan fingerprint density at radius 1 is 0.560 bits per heavy atom. The number of nitrogens with zero attached hydrogens (tertiary/aromatic N) is 3. The third-order valence-corrected chi connectivity index (χ3v) is 19.5. The van der Waals surface area contributed by atoms with Crippen molar-refractivity contribution in [1.82, 2.24) is 13.4 Å².